The van der Waals surface area contributed by atoms with Crippen LogP contribution in [0.1, 0.15) is 52.7 Å². The summed E-state index contributed by atoms with van der Waals surface area (Å²) in [6, 6.07) is 32.3. The van der Waals surface area contributed by atoms with Gasteiger partial charge in [0.1, 0.15) is 22.0 Å². The van der Waals surface area contributed by atoms with Crippen LogP contribution in [0.15, 0.2) is 85.2 Å². The molecule has 0 spiro atoms. The molecule has 3 aromatic carbocycles. The molecule has 3 nitrogen and oxygen atoms in total. The topological polar surface area (TPSA) is 30.7 Å². The number of rotatable bonds is 5. The molecule has 6 rings (SSSR count). The van der Waals surface area contributed by atoms with Crippen molar-refractivity contribution in [2.24, 2.45) is 0 Å². The fraction of sp³-hybridized carbons (Fsp3) is 0.300. The molecule has 244 valence electrons. The van der Waals surface area contributed by atoms with Crippen molar-refractivity contribution in [2.45, 2.75) is 78.6 Å². The van der Waals surface area contributed by atoms with Crippen molar-refractivity contribution in [3.63, 3.8) is 0 Å². The van der Waals surface area contributed by atoms with Crippen molar-refractivity contribution in [1.29, 1.82) is 0 Å². The molecule has 0 aliphatic carbocycles. The Kier molecular flexibility index (Phi) is 9.24. The van der Waals surface area contributed by atoms with Gasteiger partial charge in [-0.15, -0.1) is 34.6 Å². The molecule has 0 aliphatic heterocycles. The summed E-state index contributed by atoms with van der Waals surface area (Å²) in [5.74, 6) is -0.248. The van der Waals surface area contributed by atoms with Gasteiger partial charge in [0.15, 0.2) is 0 Å². The fourth-order valence-corrected chi connectivity index (χ4v) is 10.5. The molecule has 0 radical (unpaired) electrons. The zero-order valence-electron chi connectivity index (χ0n) is 29.1. The number of hydrogen-bond donors (Lipinski definition) is 0. The Morgan fingerprint density at radius 3 is 1.38 bits per heavy atom. The van der Waals surface area contributed by atoms with Gasteiger partial charge in [0.2, 0.25) is 0 Å². The van der Waals surface area contributed by atoms with Gasteiger partial charge in [-0.3, -0.25) is 9.97 Å². The molecule has 0 unspecified atom stereocenters. The normalized spacial score (nSPS) is 12.8. The molecule has 3 aromatic heterocycles. The Labute approximate surface area is 296 Å². The third-order valence-corrected chi connectivity index (χ3v) is 15.9. The Balaban J connectivity index is 0.00000433. The molecule has 7 heteroatoms. The molecule has 0 bridgehead atoms. The monoisotopic (exact) mass is 836 g/mol. The summed E-state index contributed by atoms with van der Waals surface area (Å²) >= 11 is 0. The van der Waals surface area contributed by atoms with Gasteiger partial charge in [-0.1, -0.05) is 78.8 Å². The third kappa shape index (κ3) is 6.49. The molecule has 3 heterocycles. The zero-order valence-corrected chi connectivity index (χ0v) is 33.4. The summed E-state index contributed by atoms with van der Waals surface area (Å²) in [7, 11) is -4.43. The van der Waals surface area contributed by atoms with Crippen molar-refractivity contribution in [1.82, 2.24) is 14.5 Å². The molecular weight excluding hydrogens is 793 g/mol. The molecule has 0 saturated carbocycles. The van der Waals surface area contributed by atoms with Crippen molar-refractivity contribution < 1.29 is 25.5 Å². The summed E-state index contributed by atoms with van der Waals surface area (Å²) in [4.78, 5) is 9.80. The maximum Gasteiger partial charge on any atom is 2.00 e. The number of halogens is 1. The first kappa shape index (κ1) is 35.1. The van der Waals surface area contributed by atoms with Crippen LogP contribution in [0.3, 0.4) is 0 Å². The number of pyridine rings is 2. The average molecular weight is 837 g/mol. The summed E-state index contributed by atoms with van der Waals surface area (Å²) in [5.41, 5.74) is 5.65. The van der Waals surface area contributed by atoms with Gasteiger partial charge in [-0.25, -0.2) is 15.2 Å². The minimum atomic E-state index is -2.22. The van der Waals surface area contributed by atoms with E-state index in [2.05, 4.69) is 133 Å². The Morgan fingerprint density at radius 2 is 1.00 bits per heavy atom. The van der Waals surface area contributed by atoms with Gasteiger partial charge < -0.3 is 4.57 Å². The second-order valence-electron chi connectivity index (χ2n) is 15.7. The molecule has 0 atom stereocenters. The van der Waals surface area contributed by atoms with E-state index in [1.54, 1.807) is 0 Å². The van der Waals surface area contributed by atoms with Gasteiger partial charge in [-0.2, -0.15) is 12.1 Å². The summed E-state index contributed by atoms with van der Waals surface area (Å²) in [5, 5.41) is 6.78. The number of nitrogens with zero attached hydrogens (tertiary/aromatic N) is 3. The van der Waals surface area contributed by atoms with Crippen LogP contribution >= 0.6 is 0 Å². The van der Waals surface area contributed by atoms with E-state index in [1.165, 1.54) is 33.6 Å². The minimum absolute atomic E-state index is 0. The van der Waals surface area contributed by atoms with Gasteiger partial charge in [0.25, 0.3) is 0 Å². The largest absolute Gasteiger partial charge is 2.00 e. The van der Waals surface area contributed by atoms with Gasteiger partial charge in [0.05, 0.1) is 0 Å². The molecule has 0 aliphatic rings. The molecule has 0 fully saturated rings. The summed E-state index contributed by atoms with van der Waals surface area (Å²) < 4.78 is 16.2. The summed E-state index contributed by atoms with van der Waals surface area (Å²) in [6.07, 6.45) is 3.91. The predicted molar refractivity (Wildman–Crippen MR) is 198 cm³/mol. The maximum absolute atomic E-state index is 14.0. The molecular formula is C40H44FN3PtSi2. The molecule has 6 aromatic rings. The van der Waals surface area contributed by atoms with Crippen LogP contribution in [0, 0.1) is 17.9 Å². The Morgan fingerprint density at radius 1 is 0.596 bits per heavy atom. The molecule has 47 heavy (non-hydrogen) atoms. The van der Waals surface area contributed by atoms with Crippen LogP contribution in [-0.4, -0.2) is 30.7 Å². The zero-order chi connectivity index (χ0) is 33.2. The third-order valence-electron chi connectivity index (χ3n) is 9.54. The quantitative estimate of drug-likeness (QED) is 0.133. The standard InChI is InChI=1S/C40H44FN3Si2.Pt/c1-39(2,3)27-19-21-42-37(23-27)45(7,8)31-15-17-35-33(25-31)34-26-32(16-18-36(34)44(35)30-13-11-29(41)12-14-30)46(9,10)38-24-28(20-22-43-38)40(4,5)6;/h11-24H,1-10H3;/q-2;+2. The first-order valence-corrected chi connectivity index (χ1v) is 22.1. The van der Waals surface area contributed by atoms with E-state index in [1.807, 2.05) is 24.5 Å². The van der Waals surface area contributed by atoms with Crippen LogP contribution < -0.4 is 21.0 Å². The van der Waals surface area contributed by atoms with E-state index < -0.39 is 16.1 Å². The number of fused-ring (bicyclic) bond motifs is 3. The predicted octanol–water partition coefficient (Wildman–Crippen LogP) is 7.55. The number of benzene rings is 3. The van der Waals surface area contributed by atoms with E-state index >= 15 is 0 Å². The van der Waals surface area contributed by atoms with E-state index in [-0.39, 0.29) is 37.7 Å². The number of hydrogen-bond acceptors (Lipinski definition) is 2. The van der Waals surface area contributed by atoms with E-state index in [0.29, 0.717) is 0 Å². The fourth-order valence-electron chi connectivity index (χ4n) is 6.21. The second kappa shape index (κ2) is 12.4. The minimum Gasteiger partial charge on any atom is -0.409 e. The maximum atomic E-state index is 14.0. The molecule has 0 N–H and O–H groups in total. The first-order valence-electron chi connectivity index (χ1n) is 16.1. The first-order chi connectivity index (χ1) is 21.5. The van der Waals surface area contributed by atoms with E-state index in [0.717, 1.165) is 38.1 Å². The number of aromatic nitrogens is 3. The second-order valence-corrected chi connectivity index (χ2v) is 24.3. The van der Waals surface area contributed by atoms with Crippen molar-refractivity contribution in [2.75, 3.05) is 0 Å². The SMILES string of the molecule is CC(C)(C)c1ccnc([Si](C)(C)c2[c-]c3c4[c-]c([Si](C)(C)c5cc(C(C)(C)C)ccn5)ccc4n(-c4ccc(F)cc4)c3cc2)c1.[Pt+2]. The van der Waals surface area contributed by atoms with Crippen molar-refractivity contribution in [3.8, 4) is 5.69 Å². The van der Waals surface area contributed by atoms with Gasteiger partial charge in [-0.05, 0) is 70.5 Å². The molecule has 0 saturated heterocycles. The van der Waals surface area contributed by atoms with E-state index in [9.17, 15) is 4.39 Å². The van der Waals surface area contributed by atoms with Gasteiger partial charge in [0, 0.05) is 28.7 Å². The van der Waals surface area contributed by atoms with E-state index in [4.69, 9.17) is 9.97 Å². The summed E-state index contributed by atoms with van der Waals surface area (Å²) in [6.45, 7) is 22.9. The van der Waals surface area contributed by atoms with Crippen molar-refractivity contribution >= 4 is 59.0 Å². The van der Waals surface area contributed by atoms with Crippen LogP contribution in [0.25, 0.3) is 27.5 Å². The average Bonchev–Trinajstić information content (AvgIpc) is 3.34. The van der Waals surface area contributed by atoms with Gasteiger partial charge >= 0.3 is 21.1 Å². The smallest absolute Gasteiger partial charge is 0.409 e. The van der Waals surface area contributed by atoms with Crippen molar-refractivity contribution in [3.05, 3.63) is 114 Å². The molecule has 0 amide bonds. The van der Waals surface area contributed by atoms with Crippen LogP contribution in [0.2, 0.25) is 26.2 Å². The Bertz CT molecular complexity index is 1960. The van der Waals surface area contributed by atoms with Crippen LogP contribution in [0.4, 0.5) is 4.39 Å². The Hall–Kier alpha value is -3.19. The van der Waals surface area contributed by atoms with Crippen LogP contribution in [0.5, 0.6) is 0 Å². The van der Waals surface area contributed by atoms with Crippen LogP contribution in [-0.2, 0) is 31.9 Å².